The zero-order valence-corrected chi connectivity index (χ0v) is 12.1. The van der Waals surface area contributed by atoms with Crippen LogP contribution in [0.15, 0.2) is 21.8 Å². The van der Waals surface area contributed by atoms with Gasteiger partial charge in [-0.05, 0) is 38.5 Å². The van der Waals surface area contributed by atoms with Crippen molar-refractivity contribution < 1.29 is 8.78 Å². The van der Waals surface area contributed by atoms with Crippen LogP contribution in [0, 0.1) is 11.6 Å². The van der Waals surface area contributed by atoms with Gasteiger partial charge >= 0.3 is 0 Å². The molecule has 0 aliphatic carbocycles. The number of tetrazole rings is 1. The van der Waals surface area contributed by atoms with E-state index in [9.17, 15) is 8.78 Å². The lowest BCUT2D eigenvalue weighted by atomic mass is 10.2. The number of benzene rings is 1. The fourth-order valence-electron chi connectivity index (χ4n) is 1.40. The van der Waals surface area contributed by atoms with Crippen molar-refractivity contribution in [3.05, 3.63) is 33.8 Å². The lowest BCUT2D eigenvalue weighted by Gasteiger charge is -2.06. The molecule has 2 N–H and O–H groups in total. The molecule has 0 fully saturated rings. The minimum absolute atomic E-state index is 0.0123. The number of thioether (sulfide) groups is 1. The molecule has 102 valence electrons. The molecule has 0 unspecified atom stereocenters. The summed E-state index contributed by atoms with van der Waals surface area (Å²) in [6, 6.07) is 2.54. The van der Waals surface area contributed by atoms with Crippen molar-refractivity contribution in [1.82, 2.24) is 20.2 Å². The van der Waals surface area contributed by atoms with Gasteiger partial charge in [-0.1, -0.05) is 11.8 Å². The van der Waals surface area contributed by atoms with Gasteiger partial charge in [-0.15, -0.1) is 5.10 Å². The standard InChI is InChI=1S/C10H10BrF2N5S/c11-7-1-2-8(12)6(9(7)13)5-19-10-15-16-17-18(10)4-3-14/h1-2H,3-5,14H2. The number of nitrogens with zero attached hydrogens (tertiary/aromatic N) is 4. The van der Waals surface area contributed by atoms with Gasteiger partial charge in [-0.2, -0.15) is 0 Å². The highest BCUT2D eigenvalue weighted by molar-refractivity contribution is 9.10. The second kappa shape index (κ2) is 6.40. The van der Waals surface area contributed by atoms with Gasteiger partial charge in [0.2, 0.25) is 5.16 Å². The van der Waals surface area contributed by atoms with Crippen LogP contribution >= 0.6 is 27.7 Å². The first-order valence-electron chi connectivity index (χ1n) is 5.35. The SMILES string of the molecule is NCCn1nnnc1SCc1c(F)ccc(Br)c1F. The molecule has 1 heterocycles. The van der Waals surface area contributed by atoms with E-state index >= 15 is 0 Å². The van der Waals surface area contributed by atoms with Gasteiger partial charge < -0.3 is 5.73 Å². The van der Waals surface area contributed by atoms with E-state index in [1.807, 2.05) is 0 Å². The fraction of sp³-hybridized carbons (Fsp3) is 0.300. The molecular formula is C10H10BrF2N5S. The van der Waals surface area contributed by atoms with E-state index < -0.39 is 11.6 Å². The van der Waals surface area contributed by atoms with Crippen molar-refractivity contribution in [3.63, 3.8) is 0 Å². The maximum atomic E-state index is 13.8. The van der Waals surface area contributed by atoms with Crippen LogP contribution in [0.25, 0.3) is 0 Å². The second-order valence-corrected chi connectivity index (χ2v) is 5.38. The zero-order valence-electron chi connectivity index (χ0n) is 9.68. The normalized spacial score (nSPS) is 10.9. The van der Waals surface area contributed by atoms with E-state index in [4.69, 9.17) is 5.73 Å². The van der Waals surface area contributed by atoms with E-state index in [2.05, 4.69) is 31.5 Å². The molecular weight excluding hydrogens is 340 g/mol. The van der Waals surface area contributed by atoms with E-state index in [-0.39, 0.29) is 15.8 Å². The van der Waals surface area contributed by atoms with Crippen LogP contribution in [-0.4, -0.2) is 26.8 Å². The third-order valence-corrected chi connectivity index (χ3v) is 3.92. The molecule has 0 aliphatic heterocycles. The van der Waals surface area contributed by atoms with Gasteiger partial charge in [0.05, 0.1) is 11.0 Å². The summed E-state index contributed by atoms with van der Waals surface area (Å²) in [5.41, 5.74) is 5.40. The highest BCUT2D eigenvalue weighted by Gasteiger charge is 2.14. The molecule has 0 spiro atoms. The van der Waals surface area contributed by atoms with Crippen LogP contribution in [0.4, 0.5) is 8.78 Å². The minimum atomic E-state index is -0.606. The summed E-state index contributed by atoms with van der Waals surface area (Å²) in [4.78, 5) is 0. The van der Waals surface area contributed by atoms with Crippen LogP contribution in [-0.2, 0) is 12.3 Å². The van der Waals surface area contributed by atoms with Crippen molar-refractivity contribution in [3.8, 4) is 0 Å². The van der Waals surface area contributed by atoms with Crippen LogP contribution in [0.5, 0.6) is 0 Å². The van der Waals surface area contributed by atoms with Gasteiger partial charge in [-0.25, -0.2) is 13.5 Å². The zero-order chi connectivity index (χ0) is 13.8. The maximum absolute atomic E-state index is 13.8. The Hall–Kier alpha value is -1.06. The number of nitrogens with two attached hydrogens (primary N) is 1. The number of hydrogen-bond acceptors (Lipinski definition) is 5. The monoisotopic (exact) mass is 349 g/mol. The Bertz CT molecular complexity index is 577. The summed E-state index contributed by atoms with van der Waals surface area (Å²) < 4.78 is 29.0. The van der Waals surface area contributed by atoms with Crippen LogP contribution < -0.4 is 5.73 Å². The summed E-state index contributed by atoms with van der Waals surface area (Å²) >= 11 is 4.18. The van der Waals surface area contributed by atoms with Crippen molar-refractivity contribution in [2.24, 2.45) is 5.73 Å². The fourth-order valence-corrected chi connectivity index (χ4v) is 2.68. The topological polar surface area (TPSA) is 69.6 Å². The molecule has 0 atom stereocenters. The Labute approximate surface area is 120 Å². The first-order chi connectivity index (χ1) is 9.13. The minimum Gasteiger partial charge on any atom is -0.329 e. The lowest BCUT2D eigenvalue weighted by Crippen LogP contribution is -2.12. The molecule has 5 nitrogen and oxygen atoms in total. The predicted octanol–water partition coefficient (Wildman–Crippen LogP) is 1.96. The summed E-state index contributed by atoms with van der Waals surface area (Å²) in [6.45, 7) is 0.844. The molecule has 2 aromatic rings. The molecule has 19 heavy (non-hydrogen) atoms. The van der Waals surface area contributed by atoms with E-state index in [0.29, 0.717) is 18.2 Å². The first-order valence-corrected chi connectivity index (χ1v) is 7.12. The van der Waals surface area contributed by atoms with Gasteiger partial charge in [0.25, 0.3) is 0 Å². The number of rotatable bonds is 5. The van der Waals surface area contributed by atoms with Crippen molar-refractivity contribution in [2.75, 3.05) is 6.54 Å². The Morgan fingerprint density at radius 1 is 1.37 bits per heavy atom. The Balaban J connectivity index is 2.14. The molecule has 1 aromatic heterocycles. The Kier molecular flexibility index (Phi) is 4.83. The lowest BCUT2D eigenvalue weighted by molar-refractivity contribution is 0.554. The summed E-state index contributed by atoms with van der Waals surface area (Å²) in [6.07, 6.45) is 0. The largest absolute Gasteiger partial charge is 0.329 e. The number of hydrogen-bond donors (Lipinski definition) is 1. The summed E-state index contributed by atoms with van der Waals surface area (Å²) in [7, 11) is 0. The van der Waals surface area contributed by atoms with E-state index in [1.54, 1.807) is 0 Å². The van der Waals surface area contributed by atoms with Gasteiger partial charge in [0.1, 0.15) is 11.6 Å². The first kappa shape index (κ1) is 14.4. The van der Waals surface area contributed by atoms with Crippen LogP contribution in [0.3, 0.4) is 0 Å². The maximum Gasteiger partial charge on any atom is 0.209 e. The summed E-state index contributed by atoms with van der Waals surface area (Å²) in [5, 5.41) is 11.5. The molecule has 1 aromatic carbocycles. The van der Waals surface area contributed by atoms with Crippen LogP contribution in [0.2, 0.25) is 0 Å². The van der Waals surface area contributed by atoms with E-state index in [1.165, 1.54) is 16.8 Å². The highest BCUT2D eigenvalue weighted by atomic mass is 79.9. The van der Waals surface area contributed by atoms with Gasteiger partial charge in [-0.3, -0.25) is 0 Å². The molecule has 0 saturated heterocycles. The van der Waals surface area contributed by atoms with Crippen molar-refractivity contribution >= 4 is 27.7 Å². The number of halogens is 3. The molecule has 0 bridgehead atoms. The van der Waals surface area contributed by atoms with Crippen molar-refractivity contribution in [1.29, 1.82) is 0 Å². The van der Waals surface area contributed by atoms with Gasteiger partial charge in [0.15, 0.2) is 0 Å². The molecule has 0 radical (unpaired) electrons. The molecule has 2 rings (SSSR count). The third-order valence-electron chi connectivity index (χ3n) is 2.32. The van der Waals surface area contributed by atoms with E-state index in [0.717, 1.165) is 11.8 Å². The third kappa shape index (κ3) is 3.28. The Morgan fingerprint density at radius 2 is 2.16 bits per heavy atom. The number of aromatic nitrogens is 4. The quantitative estimate of drug-likeness (QED) is 0.660. The molecule has 0 aliphatic rings. The highest BCUT2D eigenvalue weighted by Crippen LogP contribution is 2.27. The smallest absolute Gasteiger partial charge is 0.209 e. The average molecular weight is 350 g/mol. The molecule has 9 heteroatoms. The molecule has 0 saturated carbocycles. The second-order valence-electron chi connectivity index (χ2n) is 3.58. The van der Waals surface area contributed by atoms with Crippen molar-refractivity contribution in [2.45, 2.75) is 17.5 Å². The molecule has 0 amide bonds. The summed E-state index contributed by atoms with van der Waals surface area (Å²) in [5.74, 6) is -1.10. The Morgan fingerprint density at radius 3 is 2.89 bits per heavy atom. The predicted molar refractivity (Wildman–Crippen MR) is 70.5 cm³/mol. The average Bonchev–Trinajstić information content (AvgIpc) is 2.82. The van der Waals surface area contributed by atoms with Crippen LogP contribution in [0.1, 0.15) is 5.56 Å². The van der Waals surface area contributed by atoms with Gasteiger partial charge in [0, 0.05) is 17.9 Å².